The van der Waals surface area contributed by atoms with Gasteiger partial charge < -0.3 is 30.0 Å². The monoisotopic (exact) mass is 637 g/mol. The zero-order valence-electron chi connectivity index (χ0n) is 26.4. The lowest BCUT2D eigenvalue weighted by Gasteiger charge is -2.31. The Labute approximate surface area is 264 Å². The van der Waals surface area contributed by atoms with Crippen LogP contribution in [0.2, 0.25) is 0 Å². The van der Waals surface area contributed by atoms with Gasteiger partial charge >= 0.3 is 12.1 Å². The Morgan fingerprint density at radius 3 is 2.41 bits per heavy atom. The lowest BCUT2D eigenvalue weighted by atomic mass is 10.00. The Morgan fingerprint density at radius 2 is 1.74 bits per heavy atom. The van der Waals surface area contributed by atoms with Crippen molar-refractivity contribution in [2.75, 3.05) is 23.3 Å². The molecule has 2 fully saturated rings. The molecule has 2 aliphatic rings. The van der Waals surface area contributed by atoms with E-state index in [1.807, 2.05) is 39.5 Å². The average molecular weight is 638 g/mol. The zero-order chi connectivity index (χ0) is 32.7. The van der Waals surface area contributed by atoms with Crippen LogP contribution in [0.15, 0.2) is 29.1 Å². The van der Waals surface area contributed by atoms with Crippen LogP contribution >= 0.6 is 0 Å². The van der Waals surface area contributed by atoms with Crippen molar-refractivity contribution in [2.45, 2.75) is 83.9 Å². The van der Waals surface area contributed by atoms with Crippen molar-refractivity contribution in [3.8, 4) is 11.5 Å². The molecule has 0 radical (unpaired) electrons. The molecule has 2 amide bonds. The normalized spacial score (nSPS) is 15.8. The van der Waals surface area contributed by atoms with Gasteiger partial charge in [-0.15, -0.1) is 5.10 Å². The summed E-state index contributed by atoms with van der Waals surface area (Å²) in [5.41, 5.74) is 0.999. The SMILES string of the molecule is CC(C)c1c(-c2nnc(N3CCC(NC(=O)OC(C)(C)C)CC3)o2)cn2ncnc(Nc3cc(C(=O)NC4CC4)c(F)cc3F)c12. The number of nitrogens with one attached hydrogen (secondary N) is 3. The van der Waals surface area contributed by atoms with E-state index in [0.29, 0.717) is 49.1 Å². The van der Waals surface area contributed by atoms with Gasteiger partial charge in [0.05, 0.1) is 16.8 Å². The zero-order valence-corrected chi connectivity index (χ0v) is 26.4. The number of carbonyl (C=O) groups excluding carboxylic acids is 2. The van der Waals surface area contributed by atoms with Crippen LogP contribution in [0.5, 0.6) is 0 Å². The second-order valence-corrected chi connectivity index (χ2v) is 13.0. The smallest absolute Gasteiger partial charge is 0.407 e. The quantitative estimate of drug-likeness (QED) is 0.232. The van der Waals surface area contributed by atoms with Gasteiger partial charge in [0.15, 0.2) is 5.82 Å². The first-order valence-electron chi connectivity index (χ1n) is 15.4. The number of nitrogens with zero attached hydrogens (tertiary/aromatic N) is 6. The lowest BCUT2D eigenvalue weighted by Crippen LogP contribution is -2.46. The summed E-state index contributed by atoms with van der Waals surface area (Å²) in [7, 11) is 0. The highest BCUT2D eigenvalue weighted by Gasteiger charge is 2.29. The van der Waals surface area contributed by atoms with Gasteiger partial charge in [-0.3, -0.25) is 4.79 Å². The summed E-state index contributed by atoms with van der Waals surface area (Å²) in [6.45, 7) is 10.6. The third-order valence-electron chi connectivity index (χ3n) is 7.79. The van der Waals surface area contributed by atoms with E-state index in [4.69, 9.17) is 9.15 Å². The number of rotatable bonds is 8. The van der Waals surface area contributed by atoms with Crippen molar-refractivity contribution in [3.05, 3.63) is 47.4 Å². The van der Waals surface area contributed by atoms with Gasteiger partial charge in [-0.05, 0) is 64.0 Å². The molecule has 4 heterocycles. The summed E-state index contributed by atoms with van der Waals surface area (Å²) in [5, 5.41) is 21.6. The minimum atomic E-state index is -0.947. The van der Waals surface area contributed by atoms with Crippen LogP contribution in [0.3, 0.4) is 0 Å². The Morgan fingerprint density at radius 1 is 1.02 bits per heavy atom. The van der Waals surface area contributed by atoms with Crippen molar-refractivity contribution in [3.63, 3.8) is 0 Å². The molecule has 1 saturated carbocycles. The molecule has 13 nitrogen and oxygen atoms in total. The van der Waals surface area contributed by atoms with Crippen LogP contribution in [0.25, 0.3) is 17.0 Å². The maximum Gasteiger partial charge on any atom is 0.407 e. The first-order valence-corrected chi connectivity index (χ1v) is 15.4. The van der Waals surface area contributed by atoms with E-state index >= 15 is 0 Å². The molecule has 4 aromatic rings. The van der Waals surface area contributed by atoms with Crippen LogP contribution in [-0.2, 0) is 4.74 Å². The number of fused-ring (bicyclic) bond motifs is 1. The Balaban J connectivity index is 1.23. The maximum atomic E-state index is 15.0. The van der Waals surface area contributed by atoms with Crippen LogP contribution in [0.1, 0.15) is 82.1 Å². The number of carbonyl (C=O) groups is 2. The van der Waals surface area contributed by atoms with Gasteiger partial charge in [0, 0.05) is 37.4 Å². The first kappa shape index (κ1) is 31.2. The molecule has 0 unspecified atom stereocenters. The maximum absolute atomic E-state index is 15.0. The fraction of sp³-hybridized carbons (Fsp3) is 0.484. The van der Waals surface area contributed by atoms with Gasteiger partial charge in [0.25, 0.3) is 11.8 Å². The lowest BCUT2D eigenvalue weighted by molar-refractivity contribution is 0.0497. The van der Waals surface area contributed by atoms with Gasteiger partial charge in [-0.25, -0.2) is 23.1 Å². The molecule has 1 aliphatic heterocycles. The average Bonchev–Trinajstić information content (AvgIpc) is 3.49. The van der Waals surface area contributed by atoms with E-state index < -0.39 is 29.2 Å². The molecule has 46 heavy (non-hydrogen) atoms. The molecular weight excluding hydrogens is 600 g/mol. The summed E-state index contributed by atoms with van der Waals surface area (Å²) in [6, 6.07) is 2.17. The largest absolute Gasteiger partial charge is 0.444 e. The number of hydrogen-bond acceptors (Lipinski definition) is 10. The predicted octanol–water partition coefficient (Wildman–Crippen LogP) is 5.31. The molecule has 0 spiro atoms. The highest BCUT2D eigenvalue weighted by molar-refractivity contribution is 5.96. The minimum absolute atomic E-state index is 0.0146. The Hall–Kier alpha value is -4.82. The minimum Gasteiger partial charge on any atom is -0.444 e. The van der Waals surface area contributed by atoms with E-state index in [1.165, 1.54) is 6.33 Å². The number of aromatic nitrogens is 5. The molecule has 1 saturated heterocycles. The van der Waals surface area contributed by atoms with Gasteiger partial charge in [-0.1, -0.05) is 18.9 Å². The van der Waals surface area contributed by atoms with Crippen molar-refractivity contribution in [1.29, 1.82) is 0 Å². The van der Waals surface area contributed by atoms with E-state index in [9.17, 15) is 18.4 Å². The number of halogens is 2. The van der Waals surface area contributed by atoms with Crippen LogP contribution < -0.4 is 20.9 Å². The molecular formula is C31H37F2N9O4. The summed E-state index contributed by atoms with van der Waals surface area (Å²) >= 11 is 0. The molecule has 3 N–H and O–H groups in total. The number of alkyl carbamates (subject to hydrolysis) is 1. The highest BCUT2D eigenvalue weighted by atomic mass is 19.1. The van der Waals surface area contributed by atoms with Gasteiger partial charge in [0.2, 0.25) is 0 Å². The van der Waals surface area contributed by atoms with Crippen molar-refractivity contribution >= 4 is 35.0 Å². The summed E-state index contributed by atoms with van der Waals surface area (Å²) in [4.78, 5) is 31.1. The number of benzene rings is 1. The predicted molar refractivity (Wildman–Crippen MR) is 165 cm³/mol. The number of piperidine rings is 1. The number of amides is 2. The summed E-state index contributed by atoms with van der Waals surface area (Å²) < 4.78 is 42.6. The van der Waals surface area contributed by atoms with E-state index in [0.717, 1.165) is 24.5 Å². The molecule has 0 atom stereocenters. The fourth-order valence-electron chi connectivity index (χ4n) is 5.46. The molecule has 15 heteroatoms. The van der Waals surface area contributed by atoms with Gasteiger partial charge in [-0.2, -0.15) is 5.10 Å². The molecule has 1 aliphatic carbocycles. The summed E-state index contributed by atoms with van der Waals surface area (Å²) in [5.74, 6) is -1.97. The topological polar surface area (TPSA) is 152 Å². The third-order valence-corrected chi connectivity index (χ3v) is 7.79. The molecule has 3 aromatic heterocycles. The van der Waals surface area contributed by atoms with E-state index in [-0.39, 0.29) is 41.0 Å². The van der Waals surface area contributed by atoms with E-state index in [2.05, 4.69) is 36.2 Å². The highest BCUT2D eigenvalue weighted by Crippen LogP contribution is 2.38. The molecule has 1 aromatic carbocycles. The van der Waals surface area contributed by atoms with Crippen molar-refractivity contribution in [2.24, 2.45) is 0 Å². The Bertz CT molecular complexity index is 1770. The fourth-order valence-corrected chi connectivity index (χ4v) is 5.46. The van der Waals surface area contributed by atoms with Crippen molar-refractivity contribution < 1.29 is 27.5 Å². The number of anilines is 3. The van der Waals surface area contributed by atoms with Crippen LogP contribution in [-0.4, -0.2) is 67.6 Å². The van der Waals surface area contributed by atoms with Crippen molar-refractivity contribution in [1.82, 2.24) is 35.4 Å². The number of ether oxygens (including phenoxy) is 1. The third kappa shape index (κ3) is 6.72. The van der Waals surface area contributed by atoms with Gasteiger partial charge in [0.1, 0.15) is 29.1 Å². The van der Waals surface area contributed by atoms with Crippen LogP contribution in [0, 0.1) is 11.6 Å². The molecule has 244 valence electrons. The second kappa shape index (κ2) is 12.2. The molecule has 0 bridgehead atoms. The first-order chi connectivity index (χ1) is 21.9. The second-order valence-electron chi connectivity index (χ2n) is 13.0. The molecule has 6 rings (SSSR count). The van der Waals surface area contributed by atoms with Crippen LogP contribution in [0.4, 0.5) is 31.1 Å². The standard InChI is InChI=1S/C31H37F2N9O4/c1-16(2)24-20(28-39-40-29(45-28)41-10-8-18(9-11-41)37-30(44)46-31(3,4)5)14-42-25(24)26(34-15-35-42)38-23-12-19(21(32)13-22(23)33)27(43)36-17-6-7-17/h12-18H,6-11H2,1-5H3,(H,36,43)(H,37,44)(H,34,35,38). The Kier molecular flexibility index (Phi) is 8.25. The summed E-state index contributed by atoms with van der Waals surface area (Å²) in [6.07, 6.45) is 5.63. The number of hydrogen-bond donors (Lipinski definition) is 3. The van der Waals surface area contributed by atoms with E-state index in [1.54, 1.807) is 10.7 Å².